The molecule has 1 aromatic rings. The van der Waals surface area contributed by atoms with Crippen LogP contribution in [-0.2, 0) is 13.1 Å². The van der Waals surface area contributed by atoms with Crippen molar-refractivity contribution >= 4 is 0 Å². The van der Waals surface area contributed by atoms with Gasteiger partial charge in [-0.3, -0.25) is 4.90 Å². The molecule has 0 saturated carbocycles. The van der Waals surface area contributed by atoms with Crippen LogP contribution in [0.5, 0.6) is 0 Å². The normalized spacial score (nSPS) is 20.1. The van der Waals surface area contributed by atoms with E-state index in [1.165, 1.54) is 12.5 Å². The fourth-order valence-electron chi connectivity index (χ4n) is 2.82. The van der Waals surface area contributed by atoms with Gasteiger partial charge in [0.05, 0.1) is 0 Å². The van der Waals surface area contributed by atoms with Crippen LogP contribution in [0, 0.1) is 5.82 Å². The number of rotatable bonds is 6. The Kier molecular flexibility index (Phi) is 5.31. The molecule has 1 saturated heterocycles. The third-order valence-corrected chi connectivity index (χ3v) is 3.92. The Balaban J connectivity index is 1.99. The highest BCUT2D eigenvalue weighted by molar-refractivity contribution is 5.24. The standard InChI is InChI=1S/C15H23FN2O/c16-15-9-12(10-17)5-6-13(15)11-18-7-1-3-14(18)4-2-8-19/h5-6,9,14,19H,1-4,7-8,10-11,17H2. The molecule has 4 heteroatoms. The number of aliphatic hydroxyl groups is 1. The van der Waals surface area contributed by atoms with E-state index in [1.807, 2.05) is 12.1 Å². The number of hydrogen-bond acceptors (Lipinski definition) is 3. The van der Waals surface area contributed by atoms with Gasteiger partial charge in [0.2, 0.25) is 0 Å². The molecule has 1 heterocycles. The van der Waals surface area contributed by atoms with Gasteiger partial charge in [-0.25, -0.2) is 4.39 Å². The lowest BCUT2D eigenvalue weighted by atomic mass is 10.1. The minimum atomic E-state index is -0.157. The Labute approximate surface area is 114 Å². The molecule has 0 amide bonds. The summed E-state index contributed by atoms with van der Waals surface area (Å²) in [6, 6.07) is 5.77. The van der Waals surface area contributed by atoms with Crippen LogP contribution in [-0.4, -0.2) is 29.2 Å². The second-order valence-electron chi connectivity index (χ2n) is 5.26. The van der Waals surface area contributed by atoms with Crippen LogP contribution >= 0.6 is 0 Å². The second-order valence-corrected chi connectivity index (χ2v) is 5.26. The van der Waals surface area contributed by atoms with Gasteiger partial charge >= 0.3 is 0 Å². The number of likely N-dealkylation sites (tertiary alicyclic amines) is 1. The maximum absolute atomic E-state index is 13.9. The van der Waals surface area contributed by atoms with E-state index < -0.39 is 0 Å². The second kappa shape index (κ2) is 6.98. The van der Waals surface area contributed by atoms with Crippen LogP contribution < -0.4 is 5.73 Å². The van der Waals surface area contributed by atoms with E-state index in [1.54, 1.807) is 0 Å². The lowest BCUT2D eigenvalue weighted by Gasteiger charge is -2.24. The van der Waals surface area contributed by atoms with E-state index in [0.29, 0.717) is 19.1 Å². The molecular formula is C15H23FN2O. The van der Waals surface area contributed by atoms with E-state index in [-0.39, 0.29) is 12.4 Å². The van der Waals surface area contributed by atoms with Crippen molar-refractivity contribution in [3.8, 4) is 0 Å². The Morgan fingerprint density at radius 2 is 2.26 bits per heavy atom. The summed E-state index contributed by atoms with van der Waals surface area (Å²) in [5.74, 6) is -0.157. The van der Waals surface area contributed by atoms with Gasteiger partial charge in [-0.2, -0.15) is 0 Å². The average Bonchev–Trinajstić information content (AvgIpc) is 2.86. The molecule has 1 atom stereocenters. The fourth-order valence-corrected chi connectivity index (χ4v) is 2.82. The number of hydrogen-bond donors (Lipinski definition) is 2. The molecule has 3 N–H and O–H groups in total. The number of aliphatic hydroxyl groups excluding tert-OH is 1. The van der Waals surface area contributed by atoms with Crippen molar-refractivity contribution in [1.82, 2.24) is 4.90 Å². The molecule has 1 unspecified atom stereocenters. The van der Waals surface area contributed by atoms with Gasteiger partial charge in [0.1, 0.15) is 5.82 Å². The Bertz CT molecular complexity index is 411. The lowest BCUT2D eigenvalue weighted by Crippen LogP contribution is -2.29. The number of benzene rings is 1. The van der Waals surface area contributed by atoms with Gasteiger partial charge in [-0.1, -0.05) is 12.1 Å². The molecule has 19 heavy (non-hydrogen) atoms. The third kappa shape index (κ3) is 3.75. The minimum Gasteiger partial charge on any atom is -0.396 e. The molecule has 0 aromatic heterocycles. The molecule has 106 valence electrons. The first kappa shape index (κ1) is 14.4. The first-order chi connectivity index (χ1) is 9.24. The number of nitrogens with two attached hydrogens (primary N) is 1. The van der Waals surface area contributed by atoms with Crippen LogP contribution in [0.1, 0.15) is 36.8 Å². The summed E-state index contributed by atoms with van der Waals surface area (Å²) in [5.41, 5.74) is 7.09. The monoisotopic (exact) mass is 266 g/mol. The van der Waals surface area contributed by atoms with E-state index in [2.05, 4.69) is 4.90 Å². The summed E-state index contributed by atoms with van der Waals surface area (Å²) in [5, 5.41) is 8.91. The zero-order chi connectivity index (χ0) is 13.7. The minimum absolute atomic E-state index is 0.157. The quantitative estimate of drug-likeness (QED) is 0.828. The predicted molar refractivity (Wildman–Crippen MR) is 74.0 cm³/mol. The van der Waals surface area contributed by atoms with E-state index in [0.717, 1.165) is 36.9 Å². The van der Waals surface area contributed by atoms with Crippen LogP contribution in [0.4, 0.5) is 4.39 Å². The van der Waals surface area contributed by atoms with Crippen molar-refractivity contribution in [2.75, 3.05) is 13.2 Å². The van der Waals surface area contributed by atoms with E-state index >= 15 is 0 Å². The molecule has 1 aromatic carbocycles. The zero-order valence-corrected chi connectivity index (χ0v) is 11.3. The lowest BCUT2D eigenvalue weighted by molar-refractivity contribution is 0.208. The molecule has 0 bridgehead atoms. The van der Waals surface area contributed by atoms with Crippen LogP contribution in [0.25, 0.3) is 0 Å². The summed E-state index contributed by atoms with van der Waals surface area (Å²) in [4.78, 5) is 2.33. The van der Waals surface area contributed by atoms with Crippen LogP contribution in [0.2, 0.25) is 0 Å². The topological polar surface area (TPSA) is 49.5 Å². The maximum Gasteiger partial charge on any atom is 0.128 e. The maximum atomic E-state index is 13.9. The van der Waals surface area contributed by atoms with Crippen molar-refractivity contribution in [1.29, 1.82) is 0 Å². The summed E-state index contributed by atoms with van der Waals surface area (Å²) in [7, 11) is 0. The third-order valence-electron chi connectivity index (χ3n) is 3.92. The molecule has 1 aliphatic rings. The Morgan fingerprint density at radius 1 is 1.42 bits per heavy atom. The summed E-state index contributed by atoms with van der Waals surface area (Å²) >= 11 is 0. The molecule has 3 nitrogen and oxygen atoms in total. The van der Waals surface area contributed by atoms with Gasteiger partial charge in [-0.15, -0.1) is 0 Å². The zero-order valence-electron chi connectivity index (χ0n) is 11.3. The summed E-state index contributed by atoms with van der Waals surface area (Å²) in [6.07, 6.45) is 4.15. The van der Waals surface area contributed by atoms with Crippen LogP contribution in [0.3, 0.4) is 0 Å². The number of nitrogens with zero attached hydrogens (tertiary/aromatic N) is 1. The average molecular weight is 266 g/mol. The van der Waals surface area contributed by atoms with Crippen molar-refractivity contribution in [3.05, 3.63) is 35.1 Å². The number of halogens is 1. The molecule has 0 spiro atoms. The molecular weight excluding hydrogens is 243 g/mol. The van der Waals surface area contributed by atoms with Gasteiger partial charge in [0.25, 0.3) is 0 Å². The summed E-state index contributed by atoms with van der Waals surface area (Å²) in [6.45, 7) is 2.30. The first-order valence-electron chi connectivity index (χ1n) is 7.07. The van der Waals surface area contributed by atoms with Crippen molar-refractivity contribution < 1.29 is 9.50 Å². The molecule has 0 aliphatic carbocycles. The Morgan fingerprint density at radius 3 is 2.95 bits per heavy atom. The predicted octanol–water partition coefficient (Wildman–Crippen LogP) is 2.02. The molecule has 1 aliphatic heterocycles. The molecule has 2 rings (SSSR count). The van der Waals surface area contributed by atoms with E-state index in [4.69, 9.17) is 10.8 Å². The van der Waals surface area contributed by atoms with Gasteiger partial charge in [-0.05, 0) is 43.9 Å². The van der Waals surface area contributed by atoms with Crippen molar-refractivity contribution in [3.63, 3.8) is 0 Å². The van der Waals surface area contributed by atoms with E-state index in [9.17, 15) is 4.39 Å². The van der Waals surface area contributed by atoms with Crippen molar-refractivity contribution in [2.24, 2.45) is 5.73 Å². The van der Waals surface area contributed by atoms with Gasteiger partial charge in [0.15, 0.2) is 0 Å². The molecule has 1 fully saturated rings. The highest BCUT2D eigenvalue weighted by Gasteiger charge is 2.24. The SMILES string of the molecule is NCc1ccc(CN2CCCC2CCCO)c(F)c1. The summed E-state index contributed by atoms with van der Waals surface area (Å²) < 4.78 is 13.9. The smallest absolute Gasteiger partial charge is 0.128 e. The van der Waals surface area contributed by atoms with Crippen molar-refractivity contribution in [2.45, 2.75) is 44.8 Å². The largest absolute Gasteiger partial charge is 0.396 e. The van der Waals surface area contributed by atoms with Gasteiger partial charge in [0, 0.05) is 31.3 Å². The Hall–Kier alpha value is -0.970. The highest BCUT2D eigenvalue weighted by Crippen LogP contribution is 2.24. The fraction of sp³-hybridized carbons (Fsp3) is 0.600. The highest BCUT2D eigenvalue weighted by atomic mass is 19.1. The van der Waals surface area contributed by atoms with Crippen LogP contribution in [0.15, 0.2) is 18.2 Å². The first-order valence-corrected chi connectivity index (χ1v) is 7.07. The van der Waals surface area contributed by atoms with Gasteiger partial charge < -0.3 is 10.8 Å². The molecule has 0 radical (unpaired) electrons.